The van der Waals surface area contributed by atoms with Crippen LogP contribution in [0.2, 0.25) is 0 Å². The molecule has 1 aliphatic rings. The molecule has 2 N–H and O–H groups in total. The minimum absolute atomic E-state index is 0.187. The SMILES string of the molecule is CCCCCCCC(C)N1CCC(F)(CN)CC1. The smallest absolute Gasteiger partial charge is 0.125 e. The van der Waals surface area contributed by atoms with E-state index in [0.29, 0.717) is 18.9 Å². The van der Waals surface area contributed by atoms with Crippen molar-refractivity contribution in [3.05, 3.63) is 0 Å². The maximum atomic E-state index is 14.0. The molecule has 0 saturated carbocycles. The van der Waals surface area contributed by atoms with Gasteiger partial charge in [-0.25, -0.2) is 4.39 Å². The number of likely N-dealkylation sites (tertiary alicyclic amines) is 1. The first kappa shape index (κ1) is 15.9. The number of halogens is 1. The molecular weight excluding hydrogens is 227 g/mol. The van der Waals surface area contributed by atoms with Crippen molar-refractivity contribution >= 4 is 0 Å². The van der Waals surface area contributed by atoms with E-state index in [9.17, 15) is 4.39 Å². The van der Waals surface area contributed by atoms with Crippen LogP contribution in [0.15, 0.2) is 0 Å². The first-order chi connectivity index (χ1) is 8.61. The molecule has 18 heavy (non-hydrogen) atoms. The van der Waals surface area contributed by atoms with E-state index in [1.165, 1.54) is 38.5 Å². The fourth-order valence-corrected chi connectivity index (χ4v) is 2.80. The Labute approximate surface area is 112 Å². The number of nitrogens with two attached hydrogens (primary N) is 1. The summed E-state index contributed by atoms with van der Waals surface area (Å²) < 4.78 is 14.0. The van der Waals surface area contributed by atoms with Crippen LogP contribution < -0.4 is 5.73 Å². The molecule has 0 bridgehead atoms. The van der Waals surface area contributed by atoms with E-state index >= 15 is 0 Å². The normalized spacial score (nSPS) is 22.0. The van der Waals surface area contributed by atoms with E-state index in [-0.39, 0.29) is 6.54 Å². The van der Waals surface area contributed by atoms with Crippen LogP contribution in [0, 0.1) is 0 Å². The monoisotopic (exact) mass is 258 g/mol. The largest absolute Gasteiger partial charge is 0.328 e. The fourth-order valence-electron chi connectivity index (χ4n) is 2.80. The van der Waals surface area contributed by atoms with Crippen molar-refractivity contribution in [3.8, 4) is 0 Å². The Morgan fingerprint density at radius 1 is 1.17 bits per heavy atom. The third-order valence-corrected chi connectivity index (χ3v) is 4.41. The molecule has 1 unspecified atom stereocenters. The summed E-state index contributed by atoms with van der Waals surface area (Å²) in [6.07, 6.45) is 9.18. The van der Waals surface area contributed by atoms with Crippen molar-refractivity contribution in [2.45, 2.75) is 76.9 Å². The number of nitrogens with zero attached hydrogens (tertiary/aromatic N) is 1. The lowest BCUT2D eigenvalue weighted by molar-refractivity contribution is 0.0456. The van der Waals surface area contributed by atoms with Crippen LogP contribution in [0.3, 0.4) is 0 Å². The average molecular weight is 258 g/mol. The Morgan fingerprint density at radius 2 is 1.78 bits per heavy atom. The van der Waals surface area contributed by atoms with Gasteiger partial charge in [-0.3, -0.25) is 0 Å². The van der Waals surface area contributed by atoms with Gasteiger partial charge in [0.1, 0.15) is 5.67 Å². The summed E-state index contributed by atoms with van der Waals surface area (Å²) in [6.45, 7) is 6.48. The molecule has 3 heteroatoms. The van der Waals surface area contributed by atoms with Gasteiger partial charge in [-0.15, -0.1) is 0 Å². The number of rotatable bonds is 8. The van der Waals surface area contributed by atoms with Crippen LogP contribution in [-0.2, 0) is 0 Å². The molecule has 0 amide bonds. The summed E-state index contributed by atoms with van der Waals surface area (Å²) in [5.74, 6) is 0. The predicted octanol–water partition coefficient (Wildman–Crippen LogP) is 3.50. The van der Waals surface area contributed by atoms with E-state index in [4.69, 9.17) is 5.73 Å². The zero-order valence-electron chi connectivity index (χ0n) is 12.3. The van der Waals surface area contributed by atoms with Crippen molar-refractivity contribution in [3.63, 3.8) is 0 Å². The molecule has 1 rings (SSSR count). The minimum Gasteiger partial charge on any atom is -0.328 e. The molecule has 0 spiro atoms. The Morgan fingerprint density at radius 3 is 2.33 bits per heavy atom. The van der Waals surface area contributed by atoms with Gasteiger partial charge < -0.3 is 10.6 Å². The lowest BCUT2D eigenvalue weighted by Crippen LogP contribution is -2.48. The highest BCUT2D eigenvalue weighted by molar-refractivity contribution is 4.88. The molecule has 0 radical (unpaired) electrons. The Kier molecular flexibility index (Phi) is 7.16. The lowest BCUT2D eigenvalue weighted by atomic mass is 9.92. The van der Waals surface area contributed by atoms with Gasteiger partial charge in [0.05, 0.1) is 0 Å². The third-order valence-electron chi connectivity index (χ3n) is 4.41. The molecule has 1 atom stereocenters. The second-order valence-corrected chi connectivity index (χ2v) is 5.94. The molecule has 1 saturated heterocycles. The zero-order valence-corrected chi connectivity index (χ0v) is 12.3. The van der Waals surface area contributed by atoms with Crippen LogP contribution in [0.4, 0.5) is 4.39 Å². The van der Waals surface area contributed by atoms with Crippen molar-refractivity contribution in [1.82, 2.24) is 4.90 Å². The summed E-state index contributed by atoms with van der Waals surface area (Å²) in [7, 11) is 0. The summed E-state index contributed by atoms with van der Waals surface area (Å²) in [6, 6.07) is 0.606. The molecule has 1 aliphatic heterocycles. The van der Waals surface area contributed by atoms with E-state index in [0.717, 1.165) is 13.1 Å². The number of unbranched alkanes of at least 4 members (excludes halogenated alkanes) is 4. The van der Waals surface area contributed by atoms with Crippen LogP contribution in [0.1, 0.15) is 65.2 Å². The van der Waals surface area contributed by atoms with Crippen molar-refractivity contribution in [2.75, 3.05) is 19.6 Å². The van der Waals surface area contributed by atoms with E-state index in [1.807, 2.05) is 0 Å². The second-order valence-electron chi connectivity index (χ2n) is 5.94. The Bertz CT molecular complexity index is 213. The topological polar surface area (TPSA) is 29.3 Å². The minimum atomic E-state index is -1.09. The van der Waals surface area contributed by atoms with Gasteiger partial charge in [0, 0.05) is 25.7 Å². The van der Waals surface area contributed by atoms with Crippen molar-refractivity contribution in [2.24, 2.45) is 5.73 Å². The quantitative estimate of drug-likeness (QED) is 0.675. The molecular formula is C15H31FN2. The summed E-state index contributed by atoms with van der Waals surface area (Å²) >= 11 is 0. The standard InChI is InChI=1S/C15H31FN2/c1-3-4-5-6-7-8-14(2)18-11-9-15(16,13-17)10-12-18/h14H,3-13,17H2,1-2H3. The highest BCUT2D eigenvalue weighted by Crippen LogP contribution is 2.27. The molecule has 0 aromatic heterocycles. The maximum absolute atomic E-state index is 14.0. The van der Waals surface area contributed by atoms with E-state index < -0.39 is 5.67 Å². The van der Waals surface area contributed by atoms with Crippen LogP contribution in [0.5, 0.6) is 0 Å². The Balaban J connectivity index is 2.14. The predicted molar refractivity (Wildman–Crippen MR) is 76.5 cm³/mol. The van der Waals surface area contributed by atoms with Crippen molar-refractivity contribution in [1.29, 1.82) is 0 Å². The molecule has 0 aliphatic carbocycles. The number of hydrogen-bond donors (Lipinski definition) is 1. The van der Waals surface area contributed by atoms with Crippen LogP contribution in [0.25, 0.3) is 0 Å². The summed E-state index contributed by atoms with van der Waals surface area (Å²) in [5.41, 5.74) is 4.41. The molecule has 108 valence electrons. The molecule has 0 aromatic carbocycles. The first-order valence-corrected chi connectivity index (χ1v) is 7.74. The van der Waals surface area contributed by atoms with Gasteiger partial charge in [-0.1, -0.05) is 39.0 Å². The second kappa shape index (κ2) is 8.11. The average Bonchev–Trinajstić information content (AvgIpc) is 2.39. The number of hydrogen-bond acceptors (Lipinski definition) is 2. The van der Waals surface area contributed by atoms with E-state index in [2.05, 4.69) is 18.7 Å². The highest BCUT2D eigenvalue weighted by Gasteiger charge is 2.34. The third kappa shape index (κ3) is 5.23. The fraction of sp³-hybridized carbons (Fsp3) is 1.00. The molecule has 1 fully saturated rings. The van der Waals surface area contributed by atoms with Gasteiger partial charge in [0.25, 0.3) is 0 Å². The summed E-state index contributed by atoms with van der Waals surface area (Å²) in [5, 5.41) is 0. The lowest BCUT2D eigenvalue weighted by Gasteiger charge is -2.39. The van der Waals surface area contributed by atoms with Crippen molar-refractivity contribution < 1.29 is 4.39 Å². The number of alkyl halides is 1. The van der Waals surface area contributed by atoms with Gasteiger partial charge in [-0.05, 0) is 26.2 Å². The zero-order chi connectivity index (χ0) is 13.4. The van der Waals surface area contributed by atoms with Gasteiger partial charge in [0.2, 0.25) is 0 Å². The van der Waals surface area contributed by atoms with Crippen LogP contribution in [-0.4, -0.2) is 36.2 Å². The maximum Gasteiger partial charge on any atom is 0.125 e. The molecule has 1 heterocycles. The molecule has 2 nitrogen and oxygen atoms in total. The highest BCUT2D eigenvalue weighted by atomic mass is 19.1. The number of piperidine rings is 1. The van der Waals surface area contributed by atoms with Gasteiger partial charge in [-0.2, -0.15) is 0 Å². The first-order valence-electron chi connectivity index (χ1n) is 7.74. The Hall–Kier alpha value is -0.150. The summed E-state index contributed by atoms with van der Waals surface area (Å²) in [4.78, 5) is 2.44. The molecule has 0 aromatic rings. The van der Waals surface area contributed by atoms with E-state index in [1.54, 1.807) is 0 Å². The van der Waals surface area contributed by atoms with Gasteiger partial charge in [0.15, 0.2) is 0 Å². The van der Waals surface area contributed by atoms with Gasteiger partial charge >= 0.3 is 0 Å². The van der Waals surface area contributed by atoms with Crippen LogP contribution >= 0.6 is 0 Å².